The van der Waals surface area contributed by atoms with Crippen LogP contribution in [-0.4, -0.2) is 0 Å². The summed E-state index contributed by atoms with van der Waals surface area (Å²) in [6.07, 6.45) is 0. The van der Waals surface area contributed by atoms with E-state index >= 15 is 0 Å². The maximum atomic E-state index is 2.42. The summed E-state index contributed by atoms with van der Waals surface area (Å²) in [4.78, 5) is 2.42. The Kier molecular flexibility index (Phi) is 6.97. The lowest BCUT2D eigenvalue weighted by Crippen LogP contribution is -2.10. The first-order chi connectivity index (χ1) is 26.3. The van der Waals surface area contributed by atoms with Crippen molar-refractivity contribution in [3.63, 3.8) is 0 Å². The van der Waals surface area contributed by atoms with Gasteiger partial charge in [-0.15, -0.1) is 22.7 Å². The van der Waals surface area contributed by atoms with Crippen LogP contribution in [0.4, 0.5) is 17.1 Å². The Morgan fingerprint density at radius 2 is 0.868 bits per heavy atom. The van der Waals surface area contributed by atoms with Crippen molar-refractivity contribution in [2.75, 3.05) is 4.90 Å². The van der Waals surface area contributed by atoms with Gasteiger partial charge in [0.05, 0.1) is 10.4 Å². The largest absolute Gasteiger partial charge is 0.309 e. The minimum Gasteiger partial charge on any atom is -0.309 e. The van der Waals surface area contributed by atoms with Gasteiger partial charge in [-0.05, 0) is 92.3 Å². The van der Waals surface area contributed by atoms with Crippen molar-refractivity contribution in [2.24, 2.45) is 0 Å². The molecule has 9 aromatic carbocycles. The minimum atomic E-state index is 1.13. The minimum absolute atomic E-state index is 1.13. The Morgan fingerprint density at radius 1 is 0.321 bits per heavy atom. The molecule has 11 aromatic rings. The van der Waals surface area contributed by atoms with Crippen molar-refractivity contribution < 1.29 is 0 Å². The van der Waals surface area contributed by atoms with Gasteiger partial charge >= 0.3 is 0 Å². The summed E-state index contributed by atoms with van der Waals surface area (Å²) in [6.45, 7) is 0. The lowest BCUT2D eigenvalue weighted by atomic mass is 9.98. The highest BCUT2D eigenvalue weighted by Gasteiger charge is 2.19. The van der Waals surface area contributed by atoms with Crippen LogP contribution in [0.2, 0.25) is 0 Å². The van der Waals surface area contributed by atoms with Crippen LogP contribution in [-0.2, 0) is 0 Å². The second kappa shape index (κ2) is 12.2. The highest BCUT2D eigenvalue weighted by Crippen LogP contribution is 2.46. The van der Waals surface area contributed by atoms with Crippen molar-refractivity contribution in [1.29, 1.82) is 0 Å². The maximum absolute atomic E-state index is 2.42. The summed E-state index contributed by atoms with van der Waals surface area (Å²) in [5, 5.41) is 10.4. The zero-order chi connectivity index (χ0) is 34.9. The Morgan fingerprint density at radius 3 is 1.62 bits per heavy atom. The summed E-state index contributed by atoms with van der Waals surface area (Å²) >= 11 is 3.76. The number of hydrogen-bond acceptors (Lipinski definition) is 3. The van der Waals surface area contributed by atoms with Gasteiger partial charge in [0.1, 0.15) is 0 Å². The molecule has 0 atom stereocenters. The number of nitrogens with zero attached hydrogens (tertiary/aromatic N) is 1. The third kappa shape index (κ3) is 4.97. The Labute approximate surface area is 315 Å². The third-order valence-electron chi connectivity index (χ3n) is 10.7. The van der Waals surface area contributed by atoms with Crippen molar-refractivity contribution >= 4 is 102 Å². The standard InChI is InChI=1S/C50H31NS2/c1-2-11-39-33(9-1)10-7-14-40(39)34-21-27-38(28-22-34)51(46-16-8-15-44-42-12-3-6-18-48(42)53-50(44)46)37-25-19-32(20-26-37)35-23-29-41-36(31-35)24-30-45-43-13-4-5-17-47(43)52-49(41)45/h1-31H. The molecular weight excluding hydrogens is 679 g/mol. The van der Waals surface area contributed by atoms with Gasteiger partial charge in [-0.2, -0.15) is 0 Å². The predicted octanol–water partition coefficient (Wildman–Crippen LogP) is 15.5. The molecular formula is C50H31NS2. The number of anilines is 3. The second-order valence-electron chi connectivity index (χ2n) is 13.7. The molecule has 1 nitrogen and oxygen atoms in total. The van der Waals surface area contributed by atoms with Crippen LogP contribution >= 0.6 is 22.7 Å². The van der Waals surface area contributed by atoms with Crippen LogP contribution < -0.4 is 4.90 Å². The first-order valence-corrected chi connectivity index (χ1v) is 19.6. The van der Waals surface area contributed by atoms with Gasteiger partial charge in [-0.3, -0.25) is 0 Å². The Hall–Kier alpha value is -6.26. The smallest absolute Gasteiger partial charge is 0.0640 e. The van der Waals surface area contributed by atoms with Crippen LogP contribution in [0.15, 0.2) is 188 Å². The number of benzene rings is 9. The van der Waals surface area contributed by atoms with Crippen LogP contribution in [0.25, 0.3) is 84.1 Å². The summed E-state index contributed by atoms with van der Waals surface area (Å²) in [7, 11) is 0. The lowest BCUT2D eigenvalue weighted by molar-refractivity contribution is 1.30. The van der Waals surface area contributed by atoms with Gasteiger partial charge in [-0.1, -0.05) is 140 Å². The molecule has 0 saturated carbocycles. The normalized spacial score (nSPS) is 11.8. The number of hydrogen-bond donors (Lipinski definition) is 0. The molecule has 53 heavy (non-hydrogen) atoms. The van der Waals surface area contributed by atoms with E-state index in [1.54, 1.807) is 0 Å². The maximum Gasteiger partial charge on any atom is 0.0640 e. The molecule has 0 aliphatic carbocycles. The molecule has 2 heterocycles. The average molecular weight is 710 g/mol. The first kappa shape index (κ1) is 30.4. The molecule has 0 unspecified atom stereocenters. The van der Waals surface area contributed by atoms with Gasteiger partial charge < -0.3 is 4.90 Å². The van der Waals surface area contributed by atoms with E-state index in [-0.39, 0.29) is 0 Å². The molecule has 0 bridgehead atoms. The molecule has 0 spiro atoms. The van der Waals surface area contributed by atoms with Crippen LogP contribution in [0.3, 0.4) is 0 Å². The number of thiophene rings is 2. The summed E-state index contributed by atoms with van der Waals surface area (Å²) in [5.41, 5.74) is 8.34. The molecule has 3 heteroatoms. The summed E-state index contributed by atoms with van der Waals surface area (Å²) < 4.78 is 5.30. The van der Waals surface area contributed by atoms with Crippen molar-refractivity contribution in [3.8, 4) is 22.3 Å². The molecule has 248 valence electrons. The second-order valence-corrected chi connectivity index (χ2v) is 15.8. The molecule has 0 radical (unpaired) electrons. The van der Waals surface area contributed by atoms with Crippen LogP contribution in [0, 0.1) is 0 Å². The molecule has 0 aliphatic rings. The van der Waals surface area contributed by atoms with Crippen LogP contribution in [0.1, 0.15) is 0 Å². The predicted molar refractivity (Wildman–Crippen MR) is 233 cm³/mol. The van der Waals surface area contributed by atoms with E-state index in [9.17, 15) is 0 Å². The van der Waals surface area contributed by atoms with Crippen LogP contribution in [0.5, 0.6) is 0 Å². The van der Waals surface area contributed by atoms with E-state index in [1.165, 1.54) is 89.8 Å². The number of rotatable bonds is 5. The average Bonchev–Trinajstić information content (AvgIpc) is 3.81. The van der Waals surface area contributed by atoms with Crippen molar-refractivity contribution in [2.45, 2.75) is 0 Å². The molecule has 0 N–H and O–H groups in total. The fourth-order valence-electron chi connectivity index (χ4n) is 8.10. The van der Waals surface area contributed by atoms with E-state index in [0.29, 0.717) is 0 Å². The molecule has 11 rings (SSSR count). The molecule has 0 aliphatic heterocycles. The van der Waals surface area contributed by atoms with E-state index in [0.717, 1.165) is 11.4 Å². The Balaban J connectivity index is 1.02. The number of fused-ring (bicyclic) bond motifs is 9. The van der Waals surface area contributed by atoms with E-state index < -0.39 is 0 Å². The van der Waals surface area contributed by atoms with Gasteiger partial charge in [0.15, 0.2) is 0 Å². The van der Waals surface area contributed by atoms with Gasteiger partial charge in [0, 0.05) is 47.0 Å². The van der Waals surface area contributed by atoms with E-state index in [4.69, 9.17) is 0 Å². The summed E-state index contributed by atoms with van der Waals surface area (Å²) in [5.74, 6) is 0. The van der Waals surface area contributed by atoms with Gasteiger partial charge in [-0.25, -0.2) is 0 Å². The summed E-state index contributed by atoms with van der Waals surface area (Å²) in [6, 6.07) is 69.1. The van der Waals surface area contributed by atoms with Crippen molar-refractivity contribution in [3.05, 3.63) is 188 Å². The zero-order valence-corrected chi connectivity index (χ0v) is 30.3. The van der Waals surface area contributed by atoms with E-state index in [1.807, 2.05) is 22.7 Å². The fraction of sp³-hybridized carbons (Fsp3) is 0. The van der Waals surface area contributed by atoms with Gasteiger partial charge in [0.2, 0.25) is 0 Å². The SMILES string of the molecule is c1ccc2c(-c3ccc(N(c4ccc(-c5ccc6c(ccc7c8ccccc8sc67)c5)cc4)c4cccc5c4sc4ccccc45)cc3)cccc2c1. The molecule has 2 aromatic heterocycles. The Bertz CT molecular complexity index is 3160. The highest BCUT2D eigenvalue weighted by molar-refractivity contribution is 7.27. The monoisotopic (exact) mass is 709 g/mol. The van der Waals surface area contributed by atoms with E-state index in [2.05, 4.69) is 193 Å². The zero-order valence-electron chi connectivity index (χ0n) is 28.7. The molecule has 0 amide bonds. The molecule has 0 fully saturated rings. The van der Waals surface area contributed by atoms with Gasteiger partial charge in [0.25, 0.3) is 0 Å². The quantitative estimate of drug-likeness (QED) is 0.172. The first-order valence-electron chi connectivity index (χ1n) is 18.0. The van der Waals surface area contributed by atoms with Crippen molar-refractivity contribution in [1.82, 2.24) is 0 Å². The third-order valence-corrected chi connectivity index (χ3v) is 13.1. The highest BCUT2D eigenvalue weighted by atomic mass is 32.1. The lowest BCUT2D eigenvalue weighted by Gasteiger charge is -2.26. The fourth-order valence-corrected chi connectivity index (χ4v) is 10.5. The molecule has 0 saturated heterocycles. The topological polar surface area (TPSA) is 3.24 Å².